The van der Waals surface area contributed by atoms with Crippen molar-refractivity contribution in [2.24, 2.45) is 5.10 Å². The van der Waals surface area contributed by atoms with E-state index in [-0.39, 0.29) is 5.91 Å². The van der Waals surface area contributed by atoms with E-state index in [1.807, 2.05) is 65.5 Å². The quantitative estimate of drug-likeness (QED) is 0.371. The van der Waals surface area contributed by atoms with E-state index < -0.39 is 0 Å². The average Bonchev–Trinajstić information content (AvgIpc) is 3.22. The third-order valence-electron chi connectivity index (χ3n) is 4.61. The number of ether oxygens (including phenoxy) is 1. The summed E-state index contributed by atoms with van der Waals surface area (Å²) >= 11 is 0. The van der Waals surface area contributed by atoms with Gasteiger partial charge in [-0.3, -0.25) is 14.5 Å². The molecule has 4 rings (SSSR count). The highest BCUT2D eigenvalue weighted by Crippen LogP contribution is 2.30. The fourth-order valence-electron chi connectivity index (χ4n) is 3.15. The first-order valence-corrected chi connectivity index (χ1v) is 9.74. The van der Waals surface area contributed by atoms with Crippen LogP contribution in [0.4, 0.5) is 0 Å². The smallest absolute Gasteiger partial charge is 0.289 e. The van der Waals surface area contributed by atoms with Crippen LogP contribution in [0.5, 0.6) is 5.75 Å². The summed E-state index contributed by atoms with van der Waals surface area (Å²) in [6, 6.07) is 22.9. The number of rotatable bonds is 7. The van der Waals surface area contributed by atoms with Gasteiger partial charge in [-0.05, 0) is 29.8 Å². The largest absolute Gasteiger partial charge is 0.496 e. The second-order valence-electron chi connectivity index (χ2n) is 6.73. The number of para-hydroxylation sites is 1. The molecule has 154 valence electrons. The third-order valence-corrected chi connectivity index (χ3v) is 4.61. The molecule has 0 fully saturated rings. The van der Waals surface area contributed by atoms with E-state index in [1.165, 1.54) is 0 Å². The van der Waals surface area contributed by atoms with E-state index in [2.05, 4.69) is 15.5 Å². The minimum atomic E-state index is -0.382. The summed E-state index contributed by atoms with van der Waals surface area (Å²) < 4.78 is 7.36. The van der Waals surface area contributed by atoms with Crippen LogP contribution in [-0.2, 0) is 6.54 Å². The molecular formula is C24H21N5O2. The molecule has 1 amide bonds. The fourth-order valence-corrected chi connectivity index (χ4v) is 3.15. The van der Waals surface area contributed by atoms with Crippen LogP contribution in [0.2, 0.25) is 0 Å². The molecule has 0 spiro atoms. The monoisotopic (exact) mass is 411 g/mol. The topological polar surface area (TPSA) is 81.4 Å². The summed E-state index contributed by atoms with van der Waals surface area (Å²) in [7, 11) is 1.63. The standard InChI is InChI=1S/C24H21N5O2/c1-31-22-13-6-5-11-20(22)23-19(15-26-27-24(30)21-12-7-8-14-25-21)17-29(28-23)16-18-9-3-2-4-10-18/h2-15,17H,16H2,1H3,(H,27,30)/b26-15-. The number of nitrogens with zero attached hydrogens (tertiary/aromatic N) is 4. The summed E-state index contributed by atoms with van der Waals surface area (Å²) in [6.07, 6.45) is 5.04. The zero-order valence-electron chi connectivity index (χ0n) is 17.0. The lowest BCUT2D eigenvalue weighted by atomic mass is 10.1. The highest BCUT2D eigenvalue weighted by molar-refractivity contribution is 5.94. The van der Waals surface area contributed by atoms with E-state index in [9.17, 15) is 4.79 Å². The normalized spacial score (nSPS) is 10.9. The Hall–Kier alpha value is -4.26. The first kappa shape index (κ1) is 20.0. The van der Waals surface area contributed by atoms with E-state index in [1.54, 1.807) is 37.7 Å². The van der Waals surface area contributed by atoms with Gasteiger partial charge in [0.15, 0.2) is 0 Å². The van der Waals surface area contributed by atoms with E-state index >= 15 is 0 Å². The number of carbonyl (C=O) groups excluding carboxylic acids is 1. The summed E-state index contributed by atoms with van der Waals surface area (Å²) in [6.45, 7) is 0.608. The number of hydrogen-bond acceptors (Lipinski definition) is 5. The van der Waals surface area contributed by atoms with E-state index in [0.717, 1.165) is 16.7 Å². The van der Waals surface area contributed by atoms with Crippen molar-refractivity contribution in [2.45, 2.75) is 6.54 Å². The number of nitrogens with one attached hydrogen (secondary N) is 1. The van der Waals surface area contributed by atoms with Crippen LogP contribution in [0, 0.1) is 0 Å². The Kier molecular flexibility index (Phi) is 6.13. The molecule has 2 heterocycles. The lowest BCUT2D eigenvalue weighted by Crippen LogP contribution is -2.18. The van der Waals surface area contributed by atoms with Gasteiger partial charge in [0.2, 0.25) is 0 Å². The number of benzene rings is 2. The van der Waals surface area contributed by atoms with Crippen LogP contribution in [0.1, 0.15) is 21.6 Å². The van der Waals surface area contributed by atoms with Crippen LogP contribution in [0.3, 0.4) is 0 Å². The Labute approximate surface area is 180 Å². The predicted octanol–water partition coefficient (Wildman–Crippen LogP) is 3.77. The van der Waals surface area contributed by atoms with Crippen LogP contribution in [-0.4, -0.2) is 34.0 Å². The summed E-state index contributed by atoms with van der Waals surface area (Å²) in [5.74, 6) is 0.326. The van der Waals surface area contributed by atoms with Crippen molar-refractivity contribution in [1.29, 1.82) is 0 Å². The molecule has 0 bridgehead atoms. The van der Waals surface area contributed by atoms with Gasteiger partial charge < -0.3 is 4.74 Å². The van der Waals surface area contributed by atoms with Gasteiger partial charge in [-0.25, -0.2) is 5.43 Å². The highest BCUT2D eigenvalue weighted by atomic mass is 16.5. The number of methoxy groups -OCH3 is 1. The number of aromatic nitrogens is 3. The van der Waals surface area contributed by atoms with Gasteiger partial charge in [-0.15, -0.1) is 0 Å². The summed E-state index contributed by atoms with van der Waals surface area (Å²) in [4.78, 5) is 16.2. The van der Waals surface area contributed by atoms with Crippen molar-refractivity contribution in [1.82, 2.24) is 20.2 Å². The van der Waals surface area contributed by atoms with Crippen LogP contribution < -0.4 is 10.2 Å². The van der Waals surface area contributed by atoms with Gasteiger partial charge in [0.05, 0.1) is 19.9 Å². The molecule has 2 aromatic carbocycles. The van der Waals surface area contributed by atoms with Gasteiger partial charge >= 0.3 is 0 Å². The van der Waals surface area contributed by atoms with Crippen molar-refractivity contribution in [3.8, 4) is 17.0 Å². The molecule has 0 radical (unpaired) electrons. The molecule has 0 aliphatic heterocycles. The first-order valence-electron chi connectivity index (χ1n) is 9.74. The lowest BCUT2D eigenvalue weighted by molar-refractivity contribution is 0.0950. The van der Waals surface area contributed by atoms with E-state index in [4.69, 9.17) is 9.84 Å². The predicted molar refractivity (Wildman–Crippen MR) is 119 cm³/mol. The second kappa shape index (κ2) is 9.49. The number of amides is 1. The van der Waals surface area contributed by atoms with Gasteiger partial charge in [-0.1, -0.05) is 48.5 Å². The zero-order chi connectivity index (χ0) is 21.5. The molecule has 7 nitrogen and oxygen atoms in total. The molecule has 0 aliphatic carbocycles. The molecule has 2 aromatic heterocycles. The number of pyridine rings is 1. The van der Waals surface area contributed by atoms with Crippen LogP contribution >= 0.6 is 0 Å². The van der Waals surface area contributed by atoms with Gasteiger partial charge in [0, 0.05) is 23.5 Å². The molecule has 31 heavy (non-hydrogen) atoms. The molecule has 7 heteroatoms. The average molecular weight is 411 g/mol. The van der Waals surface area contributed by atoms with Crippen molar-refractivity contribution in [3.63, 3.8) is 0 Å². The highest BCUT2D eigenvalue weighted by Gasteiger charge is 2.14. The van der Waals surface area contributed by atoms with Gasteiger partial charge in [-0.2, -0.15) is 10.2 Å². The van der Waals surface area contributed by atoms with E-state index in [0.29, 0.717) is 23.7 Å². The maximum Gasteiger partial charge on any atom is 0.289 e. The molecular weight excluding hydrogens is 390 g/mol. The maximum absolute atomic E-state index is 12.2. The van der Waals surface area contributed by atoms with Gasteiger partial charge in [0.25, 0.3) is 5.91 Å². The van der Waals surface area contributed by atoms with Crippen molar-refractivity contribution >= 4 is 12.1 Å². The minimum Gasteiger partial charge on any atom is -0.496 e. The SMILES string of the molecule is COc1ccccc1-c1nn(Cc2ccccc2)cc1/C=N\NC(=O)c1ccccn1. The second-order valence-corrected chi connectivity index (χ2v) is 6.73. The number of hydrogen-bond donors (Lipinski definition) is 1. The molecule has 0 unspecified atom stereocenters. The third kappa shape index (κ3) is 4.84. The molecule has 0 atom stereocenters. The molecule has 0 aliphatic rings. The Morgan fingerprint density at radius 3 is 2.61 bits per heavy atom. The Balaban J connectivity index is 1.63. The fraction of sp³-hybridized carbons (Fsp3) is 0.0833. The summed E-state index contributed by atoms with van der Waals surface area (Å²) in [5.41, 5.74) is 6.24. The Morgan fingerprint density at radius 2 is 1.84 bits per heavy atom. The van der Waals surface area contributed by atoms with Crippen LogP contribution in [0.25, 0.3) is 11.3 Å². The summed E-state index contributed by atoms with van der Waals surface area (Å²) in [5, 5.41) is 8.88. The van der Waals surface area contributed by atoms with Crippen LogP contribution in [0.15, 0.2) is 90.3 Å². The van der Waals surface area contributed by atoms with Gasteiger partial charge in [0.1, 0.15) is 17.1 Å². The Morgan fingerprint density at radius 1 is 1.06 bits per heavy atom. The number of hydrazone groups is 1. The molecule has 0 saturated carbocycles. The maximum atomic E-state index is 12.2. The van der Waals surface area contributed by atoms with Crippen molar-refractivity contribution in [3.05, 3.63) is 102 Å². The molecule has 4 aromatic rings. The molecule has 0 saturated heterocycles. The van der Waals surface area contributed by atoms with Crippen molar-refractivity contribution in [2.75, 3.05) is 7.11 Å². The molecule has 1 N–H and O–H groups in total. The van der Waals surface area contributed by atoms with Crippen molar-refractivity contribution < 1.29 is 9.53 Å². The zero-order valence-corrected chi connectivity index (χ0v) is 17.0. The lowest BCUT2D eigenvalue weighted by Gasteiger charge is -2.06. The minimum absolute atomic E-state index is 0.296. The number of carbonyl (C=O) groups is 1. The first-order chi connectivity index (χ1) is 15.2. The Bertz CT molecular complexity index is 1190.